The number of carboxylic acids is 1. The van der Waals surface area contributed by atoms with Crippen molar-refractivity contribution in [1.29, 1.82) is 0 Å². The SMILES string of the molecule is NC1=NC2(CCCCC2)N(c2c(I)cc(C(=O)O)cc2I)C(N)=N1. The van der Waals surface area contributed by atoms with Crippen molar-refractivity contribution in [2.45, 2.75) is 37.8 Å². The summed E-state index contributed by atoms with van der Waals surface area (Å²) in [5, 5.41) is 9.26. The third kappa shape index (κ3) is 3.07. The summed E-state index contributed by atoms with van der Waals surface area (Å²) in [5.41, 5.74) is 12.7. The molecule has 1 aromatic rings. The van der Waals surface area contributed by atoms with Crippen LogP contribution < -0.4 is 16.4 Å². The average Bonchev–Trinajstić information content (AvgIpc) is 2.49. The Morgan fingerprint density at radius 2 is 1.75 bits per heavy atom. The summed E-state index contributed by atoms with van der Waals surface area (Å²) < 4.78 is 1.60. The molecule has 1 aromatic carbocycles. The average molecular weight is 553 g/mol. The number of nitrogens with zero attached hydrogens (tertiary/aromatic N) is 3. The second-order valence-electron chi connectivity index (χ2n) is 5.91. The van der Waals surface area contributed by atoms with Crippen molar-refractivity contribution >= 4 is 68.8 Å². The molecule has 24 heavy (non-hydrogen) atoms. The lowest BCUT2D eigenvalue weighted by Gasteiger charge is -2.46. The molecular weight excluding hydrogens is 536 g/mol. The van der Waals surface area contributed by atoms with Gasteiger partial charge in [0.05, 0.1) is 11.3 Å². The highest BCUT2D eigenvalue weighted by atomic mass is 127. The van der Waals surface area contributed by atoms with Crippen molar-refractivity contribution in [2.75, 3.05) is 4.90 Å². The van der Waals surface area contributed by atoms with Gasteiger partial charge in [-0.15, -0.1) is 0 Å². The predicted molar refractivity (Wildman–Crippen MR) is 110 cm³/mol. The molecular formula is C15H17I2N5O2. The Kier molecular flexibility index (Phi) is 4.91. The van der Waals surface area contributed by atoms with E-state index < -0.39 is 11.6 Å². The number of nitrogens with two attached hydrogens (primary N) is 2. The fourth-order valence-corrected chi connectivity index (χ4v) is 5.60. The van der Waals surface area contributed by atoms with Gasteiger partial charge in [0.15, 0.2) is 0 Å². The number of carboxylic acid groups (broad SMARTS) is 1. The number of anilines is 1. The normalized spacial score (nSPS) is 19.8. The summed E-state index contributed by atoms with van der Waals surface area (Å²) in [6, 6.07) is 3.29. The summed E-state index contributed by atoms with van der Waals surface area (Å²) in [4.78, 5) is 22.0. The summed E-state index contributed by atoms with van der Waals surface area (Å²) in [6.45, 7) is 0. The quantitative estimate of drug-likeness (QED) is 0.488. The molecule has 0 atom stereocenters. The predicted octanol–water partition coefficient (Wildman–Crippen LogP) is 2.70. The Morgan fingerprint density at radius 1 is 1.17 bits per heavy atom. The van der Waals surface area contributed by atoms with Crippen LogP contribution in [0.5, 0.6) is 0 Å². The molecule has 0 saturated heterocycles. The van der Waals surface area contributed by atoms with Crippen molar-refractivity contribution < 1.29 is 9.90 Å². The number of rotatable bonds is 2. The molecule has 0 radical (unpaired) electrons. The first-order valence-corrected chi connectivity index (χ1v) is 9.72. The molecule has 1 spiro atoms. The Labute approximate surface area is 166 Å². The van der Waals surface area contributed by atoms with Crippen LogP contribution in [0.1, 0.15) is 42.5 Å². The van der Waals surface area contributed by atoms with Crippen LogP contribution in [0, 0.1) is 7.14 Å². The minimum absolute atomic E-state index is 0.206. The fraction of sp³-hybridized carbons (Fsp3) is 0.400. The number of benzene rings is 1. The van der Waals surface area contributed by atoms with E-state index in [4.69, 9.17) is 11.5 Å². The monoisotopic (exact) mass is 553 g/mol. The van der Waals surface area contributed by atoms with Crippen LogP contribution in [0.25, 0.3) is 0 Å². The third-order valence-electron chi connectivity index (χ3n) is 4.34. The number of halogens is 2. The molecule has 5 N–H and O–H groups in total. The number of guanidine groups is 2. The molecule has 2 aliphatic rings. The lowest BCUT2D eigenvalue weighted by Crippen LogP contribution is -2.58. The molecule has 1 fully saturated rings. The van der Waals surface area contributed by atoms with Gasteiger partial charge in [0, 0.05) is 7.14 Å². The van der Waals surface area contributed by atoms with Crippen LogP contribution in [0.3, 0.4) is 0 Å². The third-order valence-corrected chi connectivity index (χ3v) is 5.98. The largest absolute Gasteiger partial charge is 0.478 e. The zero-order chi connectivity index (χ0) is 17.5. The van der Waals surface area contributed by atoms with Gasteiger partial charge in [-0.3, -0.25) is 4.90 Å². The Balaban J connectivity index is 2.16. The highest BCUT2D eigenvalue weighted by Gasteiger charge is 2.44. The van der Waals surface area contributed by atoms with Crippen molar-refractivity contribution in [2.24, 2.45) is 21.5 Å². The maximum atomic E-state index is 11.3. The van der Waals surface area contributed by atoms with Crippen LogP contribution in [0.15, 0.2) is 22.1 Å². The lowest BCUT2D eigenvalue weighted by atomic mass is 9.87. The summed E-state index contributed by atoms with van der Waals surface area (Å²) >= 11 is 4.28. The van der Waals surface area contributed by atoms with E-state index in [1.807, 2.05) is 4.90 Å². The van der Waals surface area contributed by atoms with Crippen molar-refractivity contribution in [3.63, 3.8) is 0 Å². The molecule has 0 amide bonds. The zero-order valence-electron chi connectivity index (χ0n) is 12.8. The molecule has 3 rings (SSSR count). The first-order chi connectivity index (χ1) is 11.3. The Morgan fingerprint density at radius 3 is 2.29 bits per heavy atom. The molecule has 9 heteroatoms. The minimum Gasteiger partial charge on any atom is -0.478 e. The van der Waals surface area contributed by atoms with Crippen LogP contribution in [-0.2, 0) is 0 Å². The van der Waals surface area contributed by atoms with Gasteiger partial charge in [0.2, 0.25) is 11.9 Å². The van der Waals surface area contributed by atoms with Crippen molar-refractivity contribution in [3.8, 4) is 0 Å². The first kappa shape index (κ1) is 17.7. The Bertz CT molecular complexity index is 733. The number of hydrogen-bond acceptors (Lipinski definition) is 6. The van der Waals surface area contributed by atoms with Gasteiger partial charge in [-0.05, 0) is 83.0 Å². The van der Waals surface area contributed by atoms with Crippen LogP contribution in [0.2, 0.25) is 0 Å². The van der Waals surface area contributed by atoms with Gasteiger partial charge in [-0.2, -0.15) is 4.99 Å². The molecule has 0 aromatic heterocycles. The van der Waals surface area contributed by atoms with Gasteiger partial charge < -0.3 is 16.6 Å². The maximum absolute atomic E-state index is 11.3. The number of aliphatic imine (C=N–C) groups is 2. The van der Waals surface area contributed by atoms with Crippen LogP contribution in [-0.4, -0.2) is 28.7 Å². The summed E-state index contributed by atoms with van der Waals surface area (Å²) in [5.74, 6) is -0.437. The van der Waals surface area contributed by atoms with Gasteiger partial charge in [0.1, 0.15) is 5.66 Å². The van der Waals surface area contributed by atoms with Gasteiger partial charge in [-0.1, -0.05) is 6.42 Å². The van der Waals surface area contributed by atoms with E-state index in [2.05, 4.69) is 55.2 Å². The first-order valence-electron chi connectivity index (χ1n) is 7.56. The minimum atomic E-state index is -0.952. The Hall–Kier alpha value is -1.11. The van der Waals surface area contributed by atoms with Crippen molar-refractivity contribution in [3.05, 3.63) is 24.8 Å². The molecule has 0 unspecified atom stereocenters. The molecule has 1 heterocycles. The van der Waals surface area contributed by atoms with Gasteiger partial charge in [-0.25, -0.2) is 9.79 Å². The van der Waals surface area contributed by atoms with Crippen LogP contribution >= 0.6 is 45.2 Å². The molecule has 1 aliphatic carbocycles. The maximum Gasteiger partial charge on any atom is 0.335 e. The number of aromatic carboxylic acids is 1. The highest BCUT2D eigenvalue weighted by Crippen LogP contribution is 2.42. The molecule has 1 saturated carbocycles. The smallest absolute Gasteiger partial charge is 0.335 e. The van der Waals surface area contributed by atoms with E-state index in [9.17, 15) is 9.90 Å². The van der Waals surface area contributed by atoms with E-state index in [1.54, 1.807) is 12.1 Å². The van der Waals surface area contributed by atoms with E-state index in [-0.39, 0.29) is 11.5 Å². The van der Waals surface area contributed by atoms with E-state index >= 15 is 0 Å². The summed E-state index contributed by atoms with van der Waals surface area (Å²) in [7, 11) is 0. The highest BCUT2D eigenvalue weighted by molar-refractivity contribution is 14.1. The van der Waals surface area contributed by atoms with Gasteiger partial charge in [0.25, 0.3) is 0 Å². The topological polar surface area (TPSA) is 117 Å². The molecule has 128 valence electrons. The van der Waals surface area contributed by atoms with E-state index in [1.165, 1.54) is 0 Å². The lowest BCUT2D eigenvalue weighted by molar-refractivity contribution is 0.0696. The second-order valence-corrected chi connectivity index (χ2v) is 8.24. The molecule has 0 bridgehead atoms. The van der Waals surface area contributed by atoms with Gasteiger partial charge >= 0.3 is 5.97 Å². The number of hydrogen-bond donors (Lipinski definition) is 3. The van der Waals surface area contributed by atoms with E-state index in [0.717, 1.165) is 44.9 Å². The fourth-order valence-electron chi connectivity index (χ4n) is 3.35. The molecule has 7 nitrogen and oxygen atoms in total. The standard InChI is InChI=1S/C15H17I2N5O2/c16-9-6-8(12(23)24)7-10(17)11(9)22-14(19)20-13(18)21-15(22)4-2-1-3-5-15/h6-7H,1-5H2,(H,23,24)(H4,18,19,20,21). The zero-order valence-corrected chi connectivity index (χ0v) is 17.1. The van der Waals surface area contributed by atoms with Crippen molar-refractivity contribution in [1.82, 2.24) is 0 Å². The molecule has 1 aliphatic heterocycles. The summed E-state index contributed by atoms with van der Waals surface area (Å²) in [6.07, 6.45) is 4.93. The second kappa shape index (κ2) is 6.65. The number of carbonyl (C=O) groups is 1. The van der Waals surface area contributed by atoms with Crippen LogP contribution in [0.4, 0.5) is 5.69 Å². The van der Waals surface area contributed by atoms with E-state index in [0.29, 0.717) is 5.96 Å².